The van der Waals surface area contributed by atoms with Gasteiger partial charge in [0.2, 0.25) is 5.75 Å². The van der Waals surface area contributed by atoms with Gasteiger partial charge in [0.25, 0.3) is 0 Å². The molecule has 11 heteroatoms. The van der Waals surface area contributed by atoms with Gasteiger partial charge in [0.1, 0.15) is 22.9 Å². The van der Waals surface area contributed by atoms with Gasteiger partial charge in [-0.15, -0.1) is 13.2 Å². The molecule has 4 nitrogen and oxygen atoms in total. The number of esters is 1. The monoisotopic (exact) mass is 452 g/mol. The van der Waals surface area contributed by atoms with Crippen molar-refractivity contribution in [3.63, 3.8) is 0 Å². The van der Waals surface area contributed by atoms with E-state index in [2.05, 4.69) is 9.47 Å². The number of hydrogen-bond acceptors (Lipinski definition) is 4. The lowest BCUT2D eigenvalue weighted by atomic mass is 9.95. The molecule has 168 valence electrons. The molecule has 0 radical (unpaired) electrons. The number of ether oxygens (including phenoxy) is 3. The molecule has 2 unspecified atom stereocenters. The Bertz CT molecular complexity index is 936. The lowest BCUT2D eigenvalue weighted by Crippen LogP contribution is -2.20. The number of carbonyl (C=O) groups excluding carboxylic acids is 1. The molecule has 3 rings (SSSR count). The topological polar surface area (TPSA) is 44.8 Å². The molecule has 0 spiro atoms. The zero-order valence-corrected chi connectivity index (χ0v) is 15.9. The van der Waals surface area contributed by atoms with Crippen molar-refractivity contribution >= 4 is 5.97 Å². The fourth-order valence-electron chi connectivity index (χ4n) is 3.09. The summed E-state index contributed by atoms with van der Waals surface area (Å²) >= 11 is 0. The summed E-state index contributed by atoms with van der Waals surface area (Å²) in [6.07, 6.45) is -4.62. The third-order valence-electron chi connectivity index (χ3n) is 4.54. The molecule has 2 aromatic rings. The van der Waals surface area contributed by atoms with Gasteiger partial charge in [-0.2, -0.15) is 0 Å². The molecule has 0 amide bonds. The first kappa shape index (κ1) is 22.9. The van der Waals surface area contributed by atoms with Crippen LogP contribution < -0.4 is 9.47 Å². The normalized spacial score (nSPS) is 19.2. The smallest absolute Gasteiger partial charge is 0.423 e. The lowest BCUT2D eigenvalue weighted by molar-refractivity contribution is -0.276. The maximum atomic E-state index is 14.4. The molecule has 1 heterocycles. The number of halogens is 7. The number of benzene rings is 2. The molecular weight excluding hydrogens is 437 g/mol. The predicted molar refractivity (Wildman–Crippen MR) is 91.4 cm³/mol. The first-order chi connectivity index (χ1) is 14.4. The Hall–Kier alpha value is -2.82. The number of hydrogen-bond donors (Lipinski definition) is 0. The molecule has 0 N–H and O–H groups in total. The molecule has 31 heavy (non-hydrogen) atoms. The van der Waals surface area contributed by atoms with Crippen LogP contribution in [0, 0.1) is 29.2 Å². The minimum Gasteiger partial charge on any atom is -0.423 e. The molecule has 0 aliphatic carbocycles. The van der Waals surface area contributed by atoms with Crippen LogP contribution >= 0.6 is 0 Å². The highest BCUT2D eigenvalue weighted by Crippen LogP contribution is 2.34. The van der Waals surface area contributed by atoms with E-state index in [1.165, 1.54) is 0 Å². The zero-order chi connectivity index (χ0) is 22.9. The van der Waals surface area contributed by atoms with E-state index in [1.54, 1.807) is 0 Å². The van der Waals surface area contributed by atoms with Crippen LogP contribution in [0.1, 0.15) is 41.8 Å². The van der Waals surface area contributed by atoms with E-state index in [0.717, 1.165) is 18.6 Å². The summed E-state index contributed by atoms with van der Waals surface area (Å²) in [4.78, 5) is 12.1. The summed E-state index contributed by atoms with van der Waals surface area (Å²) in [7, 11) is 0. The van der Waals surface area contributed by atoms with Crippen LogP contribution in [-0.4, -0.2) is 18.9 Å². The molecule has 2 aromatic carbocycles. The Kier molecular flexibility index (Phi) is 6.44. The molecule has 1 aliphatic heterocycles. The van der Waals surface area contributed by atoms with Crippen LogP contribution in [0.2, 0.25) is 0 Å². The lowest BCUT2D eigenvalue weighted by Gasteiger charge is -2.27. The molecule has 0 aromatic heterocycles. The minimum atomic E-state index is -5.37. The number of carbonyl (C=O) groups is 1. The van der Waals surface area contributed by atoms with Gasteiger partial charge in [0.05, 0.1) is 6.10 Å². The summed E-state index contributed by atoms with van der Waals surface area (Å²) in [5, 5.41) is 0. The zero-order valence-electron chi connectivity index (χ0n) is 15.9. The highest BCUT2D eigenvalue weighted by molar-refractivity contribution is 5.91. The molecule has 0 bridgehead atoms. The fourth-order valence-corrected chi connectivity index (χ4v) is 3.09. The van der Waals surface area contributed by atoms with E-state index in [4.69, 9.17) is 4.74 Å². The van der Waals surface area contributed by atoms with Gasteiger partial charge < -0.3 is 14.2 Å². The summed E-state index contributed by atoms with van der Waals surface area (Å²) in [6.45, 7) is 2.37. The van der Waals surface area contributed by atoms with Crippen molar-refractivity contribution in [3.05, 3.63) is 58.7 Å². The fraction of sp³-hybridized carbons (Fsp3) is 0.350. The number of alkyl halides is 3. The quantitative estimate of drug-likeness (QED) is 0.332. The Morgan fingerprint density at radius 3 is 2.03 bits per heavy atom. The van der Waals surface area contributed by atoms with Gasteiger partial charge in [-0.1, -0.05) is 6.92 Å². The molecule has 2 atom stereocenters. The number of rotatable bonds is 4. The van der Waals surface area contributed by atoms with Gasteiger partial charge in [-0.25, -0.2) is 22.4 Å². The second-order valence-corrected chi connectivity index (χ2v) is 7.02. The molecule has 1 aliphatic rings. The summed E-state index contributed by atoms with van der Waals surface area (Å²) in [5.74, 6) is -10.3. The first-order valence-electron chi connectivity index (χ1n) is 9.02. The van der Waals surface area contributed by atoms with E-state index in [0.29, 0.717) is 18.9 Å². The average molecular weight is 452 g/mol. The Morgan fingerprint density at radius 1 is 0.968 bits per heavy atom. The predicted octanol–water partition coefficient (Wildman–Crippen LogP) is 5.85. The average Bonchev–Trinajstić information content (AvgIpc) is 2.64. The van der Waals surface area contributed by atoms with Crippen LogP contribution in [0.4, 0.5) is 30.7 Å². The minimum absolute atomic E-state index is 0.171. The van der Waals surface area contributed by atoms with Crippen molar-refractivity contribution < 1.29 is 49.7 Å². The first-order valence-corrected chi connectivity index (χ1v) is 9.02. The van der Waals surface area contributed by atoms with Crippen molar-refractivity contribution in [2.45, 2.75) is 32.2 Å². The Balaban J connectivity index is 1.80. The maximum Gasteiger partial charge on any atom is 0.573 e. The second kappa shape index (κ2) is 8.74. The van der Waals surface area contributed by atoms with E-state index < -0.39 is 58.8 Å². The van der Waals surface area contributed by atoms with Crippen molar-refractivity contribution in [2.24, 2.45) is 5.92 Å². The Labute approximate surface area is 171 Å². The Morgan fingerprint density at radius 2 is 1.55 bits per heavy atom. The van der Waals surface area contributed by atoms with Gasteiger partial charge in [0, 0.05) is 18.7 Å². The molecule has 1 saturated heterocycles. The van der Waals surface area contributed by atoms with Gasteiger partial charge >= 0.3 is 12.3 Å². The third kappa shape index (κ3) is 5.46. The molecular formula is C20H15F7O4. The largest absolute Gasteiger partial charge is 0.573 e. The summed E-state index contributed by atoms with van der Waals surface area (Å²) < 4.78 is 106. The van der Waals surface area contributed by atoms with Crippen molar-refractivity contribution in [1.29, 1.82) is 0 Å². The van der Waals surface area contributed by atoms with Crippen LogP contribution in [-0.2, 0) is 4.74 Å². The molecule has 0 saturated carbocycles. The highest BCUT2D eigenvalue weighted by Gasteiger charge is 2.34. The molecule has 1 fully saturated rings. The third-order valence-corrected chi connectivity index (χ3v) is 4.54. The van der Waals surface area contributed by atoms with Crippen molar-refractivity contribution in [3.8, 4) is 11.5 Å². The summed E-state index contributed by atoms with van der Waals surface area (Å²) in [5.41, 5.74) is -0.964. The van der Waals surface area contributed by atoms with E-state index >= 15 is 0 Å². The van der Waals surface area contributed by atoms with E-state index in [-0.39, 0.29) is 17.7 Å². The van der Waals surface area contributed by atoms with Crippen LogP contribution in [0.3, 0.4) is 0 Å². The second-order valence-electron chi connectivity index (χ2n) is 7.02. The van der Waals surface area contributed by atoms with Gasteiger partial charge in [-0.05, 0) is 36.5 Å². The van der Waals surface area contributed by atoms with Crippen molar-refractivity contribution in [2.75, 3.05) is 6.61 Å². The van der Waals surface area contributed by atoms with Crippen LogP contribution in [0.5, 0.6) is 11.5 Å². The summed E-state index contributed by atoms with van der Waals surface area (Å²) in [6, 6.07) is 2.20. The SMILES string of the molecule is CC1CCC(c2cc(F)c(C(=O)Oc3cc(F)c(OC(F)(F)F)c(F)c3)c(F)c2)OC1. The maximum absolute atomic E-state index is 14.4. The van der Waals surface area contributed by atoms with Gasteiger partial charge in [-0.3, -0.25) is 0 Å². The van der Waals surface area contributed by atoms with E-state index in [9.17, 15) is 35.5 Å². The standard InChI is InChI=1S/C20H15F7O4/c1-9-2-3-16(29-8-9)10-4-12(21)17(13(22)5-10)19(28)30-11-6-14(23)18(15(24)7-11)31-20(25,26)27/h4-7,9,16H,2-3,8H2,1H3. The van der Waals surface area contributed by atoms with Crippen molar-refractivity contribution in [1.82, 2.24) is 0 Å². The van der Waals surface area contributed by atoms with Gasteiger partial charge in [0.15, 0.2) is 11.6 Å². The highest BCUT2D eigenvalue weighted by atomic mass is 19.4. The van der Waals surface area contributed by atoms with Crippen LogP contribution in [0.15, 0.2) is 24.3 Å². The van der Waals surface area contributed by atoms with Crippen LogP contribution in [0.25, 0.3) is 0 Å². The van der Waals surface area contributed by atoms with E-state index in [1.807, 2.05) is 6.92 Å².